The van der Waals surface area contributed by atoms with Crippen molar-refractivity contribution in [3.8, 4) is 22.3 Å². The van der Waals surface area contributed by atoms with Gasteiger partial charge in [-0.15, -0.1) is 0 Å². The van der Waals surface area contributed by atoms with Gasteiger partial charge in [-0.3, -0.25) is 0 Å². The van der Waals surface area contributed by atoms with Crippen LogP contribution in [-0.2, 0) is 6.42 Å². The molecular weight excluding hydrogens is 324 g/mol. The molecule has 0 aliphatic heterocycles. The highest BCUT2D eigenvalue weighted by Gasteiger charge is 2.26. The van der Waals surface area contributed by atoms with Gasteiger partial charge in [0.25, 0.3) is 0 Å². The Kier molecular flexibility index (Phi) is 3.90. The minimum Gasteiger partial charge on any atom is -0.0619 e. The molecule has 0 N–H and O–H groups in total. The largest absolute Gasteiger partial charge is 0.0619 e. The molecule has 1 aliphatic carbocycles. The molecule has 27 heavy (non-hydrogen) atoms. The maximum atomic E-state index is 2.31. The van der Waals surface area contributed by atoms with Crippen LogP contribution in [0.25, 0.3) is 22.3 Å². The normalized spacial score (nSPS) is 12.6. The molecule has 0 atom stereocenters. The van der Waals surface area contributed by atoms with Crippen LogP contribution in [-0.4, -0.2) is 0 Å². The number of hydrogen-bond acceptors (Lipinski definition) is 0. The summed E-state index contributed by atoms with van der Waals surface area (Å²) in [5, 5.41) is 0. The van der Waals surface area contributed by atoms with Gasteiger partial charge in [-0.25, -0.2) is 0 Å². The highest BCUT2D eigenvalue weighted by molar-refractivity contribution is 5.89. The zero-order chi connectivity index (χ0) is 18.2. The molecule has 1 aliphatic rings. The SMILES string of the molecule is Cc1ccc(CC2c3ccccc3-c3ccccc3-c3ccccc32)cc1. The van der Waals surface area contributed by atoms with Crippen molar-refractivity contribution in [2.75, 3.05) is 0 Å². The monoisotopic (exact) mass is 346 g/mol. The van der Waals surface area contributed by atoms with Crippen molar-refractivity contribution in [2.24, 2.45) is 0 Å². The lowest BCUT2D eigenvalue weighted by Crippen LogP contribution is -2.06. The summed E-state index contributed by atoms with van der Waals surface area (Å²) < 4.78 is 0. The molecule has 0 amide bonds. The molecule has 0 saturated heterocycles. The lowest BCUT2D eigenvalue weighted by atomic mass is 9.83. The Hall–Kier alpha value is -3.12. The number of rotatable bonds is 2. The van der Waals surface area contributed by atoms with Crippen molar-refractivity contribution in [2.45, 2.75) is 19.3 Å². The van der Waals surface area contributed by atoms with Crippen LogP contribution in [0.1, 0.15) is 28.2 Å². The van der Waals surface area contributed by atoms with Gasteiger partial charge in [0.05, 0.1) is 0 Å². The van der Waals surface area contributed by atoms with Gasteiger partial charge >= 0.3 is 0 Å². The molecule has 0 heterocycles. The average molecular weight is 346 g/mol. The van der Waals surface area contributed by atoms with Crippen LogP contribution in [0.4, 0.5) is 0 Å². The zero-order valence-electron chi connectivity index (χ0n) is 15.5. The van der Waals surface area contributed by atoms with Crippen LogP contribution in [0.15, 0.2) is 97.1 Å². The summed E-state index contributed by atoms with van der Waals surface area (Å²) >= 11 is 0. The quantitative estimate of drug-likeness (QED) is 0.366. The van der Waals surface area contributed by atoms with E-state index in [4.69, 9.17) is 0 Å². The minimum absolute atomic E-state index is 0.354. The Balaban J connectivity index is 1.76. The smallest absolute Gasteiger partial charge is 0.0142 e. The van der Waals surface area contributed by atoms with Crippen molar-refractivity contribution in [3.05, 3.63) is 119 Å². The number of fused-ring (bicyclic) bond motifs is 5. The van der Waals surface area contributed by atoms with E-state index in [1.807, 2.05) is 0 Å². The Morgan fingerprint density at radius 2 is 0.963 bits per heavy atom. The summed E-state index contributed by atoms with van der Waals surface area (Å²) in [5.74, 6) is 0.354. The number of benzene rings is 4. The lowest BCUT2D eigenvalue weighted by molar-refractivity contribution is 0.811. The maximum Gasteiger partial charge on any atom is 0.0142 e. The van der Waals surface area contributed by atoms with Crippen LogP contribution >= 0.6 is 0 Å². The summed E-state index contributed by atoms with van der Waals surface area (Å²) in [5.41, 5.74) is 11.0. The van der Waals surface area contributed by atoms with E-state index >= 15 is 0 Å². The number of hydrogen-bond donors (Lipinski definition) is 0. The molecule has 0 heteroatoms. The van der Waals surface area contributed by atoms with E-state index in [1.165, 1.54) is 44.5 Å². The Morgan fingerprint density at radius 3 is 1.48 bits per heavy atom. The second kappa shape index (κ2) is 6.55. The summed E-state index contributed by atoms with van der Waals surface area (Å²) in [7, 11) is 0. The Bertz CT molecular complexity index is 1040. The first kappa shape index (κ1) is 16.1. The first-order valence-corrected chi connectivity index (χ1v) is 9.64. The van der Waals surface area contributed by atoms with Crippen molar-refractivity contribution in [1.29, 1.82) is 0 Å². The predicted octanol–water partition coefficient (Wildman–Crippen LogP) is 7.02. The van der Waals surface area contributed by atoms with Gasteiger partial charge < -0.3 is 0 Å². The molecule has 4 aromatic carbocycles. The fourth-order valence-electron chi connectivity index (χ4n) is 4.39. The second-order valence-corrected chi connectivity index (χ2v) is 7.46. The first-order chi connectivity index (χ1) is 13.3. The molecule has 0 aromatic heterocycles. The third kappa shape index (κ3) is 2.78. The topological polar surface area (TPSA) is 0 Å². The van der Waals surface area contributed by atoms with Crippen LogP contribution in [0.5, 0.6) is 0 Å². The summed E-state index contributed by atoms with van der Waals surface area (Å²) in [6, 6.07) is 35.7. The van der Waals surface area contributed by atoms with Crippen LogP contribution in [0.2, 0.25) is 0 Å². The van der Waals surface area contributed by atoms with Gasteiger partial charge in [0.15, 0.2) is 0 Å². The van der Waals surface area contributed by atoms with E-state index in [-0.39, 0.29) is 0 Å². The van der Waals surface area contributed by atoms with Crippen LogP contribution in [0.3, 0.4) is 0 Å². The molecule has 0 bridgehead atoms. The van der Waals surface area contributed by atoms with E-state index in [0.717, 1.165) is 6.42 Å². The molecule has 0 fully saturated rings. The first-order valence-electron chi connectivity index (χ1n) is 9.64. The van der Waals surface area contributed by atoms with Gasteiger partial charge in [-0.2, -0.15) is 0 Å². The molecule has 0 spiro atoms. The van der Waals surface area contributed by atoms with E-state index in [1.54, 1.807) is 0 Å². The van der Waals surface area contributed by atoms with Crippen molar-refractivity contribution >= 4 is 0 Å². The molecule has 0 radical (unpaired) electrons. The standard InChI is InChI=1S/C27H22/c1-19-14-16-20(17-15-19)18-27-25-12-6-4-10-23(25)21-8-2-3-9-22(21)24-11-5-7-13-26(24)27/h2-17,27H,18H2,1H3. The third-order valence-electron chi connectivity index (χ3n) is 5.74. The number of aryl methyl sites for hydroxylation is 1. The molecule has 0 saturated carbocycles. The highest BCUT2D eigenvalue weighted by atomic mass is 14.3. The van der Waals surface area contributed by atoms with Crippen molar-refractivity contribution in [3.63, 3.8) is 0 Å². The Morgan fingerprint density at radius 1 is 0.519 bits per heavy atom. The van der Waals surface area contributed by atoms with Crippen molar-refractivity contribution in [1.82, 2.24) is 0 Å². The summed E-state index contributed by atoms with van der Waals surface area (Å²) in [6.07, 6.45) is 1.02. The van der Waals surface area contributed by atoms with Crippen LogP contribution in [0, 0.1) is 6.92 Å². The van der Waals surface area contributed by atoms with Gasteiger partial charge in [0.1, 0.15) is 0 Å². The fraction of sp³-hybridized carbons (Fsp3) is 0.111. The van der Waals surface area contributed by atoms with E-state index in [0.29, 0.717) is 5.92 Å². The van der Waals surface area contributed by atoms with E-state index < -0.39 is 0 Å². The molecule has 0 unspecified atom stereocenters. The predicted molar refractivity (Wildman–Crippen MR) is 114 cm³/mol. The fourth-order valence-corrected chi connectivity index (χ4v) is 4.39. The molecular formula is C27H22. The maximum absolute atomic E-state index is 2.31. The van der Waals surface area contributed by atoms with Gasteiger partial charge in [0, 0.05) is 5.92 Å². The third-order valence-corrected chi connectivity index (χ3v) is 5.74. The van der Waals surface area contributed by atoms with Crippen LogP contribution < -0.4 is 0 Å². The van der Waals surface area contributed by atoms with Crippen molar-refractivity contribution < 1.29 is 0 Å². The second-order valence-electron chi connectivity index (χ2n) is 7.46. The summed E-state index contributed by atoms with van der Waals surface area (Å²) in [4.78, 5) is 0. The van der Waals surface area contributed by atoms with Gasteiger partial charge in [0.2, 0.25) is 0 Å². The molecule has 4 aromatic rings. The molecule has 0 nitrogen and oxygen atoms in total. The van der Waals surface area contributed by atoms with Gasteiger partial charge in [-0.1, -0.05) is 103 Å². The Labute approximate surface area is 161 Å². The van der Waals surface area contributed by atoms with E-state index in [2.05, 4.69) is 104 Å². The van der Waals surface area contributed by atoms with Gasteiger partial charge in [-0.05, 0) is 52.3 Å². The summed E-state index contributed by atoms with van der Waals surface area (Å²) in [6.45, 7) is 2.15. The van der Waals surface area contributed by atoms with E-state index in [9.17, 15) is 0 Å². The highest BCUT2D eigenvalue weighted by Crippen LogP contribution is 2.46. The lowest BCUT2D eigenvalue weighted by Gasteiger charge is -2.21. The zero-order valence-corrected chi connectivity index (χ0v) is 15.5. The minimum atomic E-state index is 0.354. The molecule has 5 rings (SSSR count). The molecule has 130 valence electrons. The average Bonchev–Trinajstić information content (AvgIpc) is 2.84.